The number of fused-ring (bicyclic) bond motifs is 3. The average molecular weight is 2090 g/mol. The zero-order valence-corrected chi connectivity index (χ0v) is 82.7. The number of aromatic nitrogens is 5. The maximum atomic E-state index is 15.5. The Labute approximate surface area is 849 Å². The molecule has 3 saturated heterocycles. The van der Waals surface area contributed by atoms with E-state index >= 15 is 42.7 Å². The van der Waals surface area contributed by atoms with Crippen LogP contribution in [0, 0.1) is 11.7 Å². The van der Waals surface area contributed by atoms with Gasteiger partial charge in [-0.1, -0.05) is 84.7 Å². The van der Waals surface area contributed by atoms with E-state index in [2.05, 4.69) is 88.7 Å². The number of carboxylic acids is 4. The Bertz CT molecular complexity index is 5850. The molecule has 3 fully saturated rings. The second-order valence-electron chi connectivity index (χ2n) is 36.4. The molecule has 50 nitrogen and oxygen atoms in total. The maximum absolute atomic E-state index is 15.5. The number of aliphatic carboxylic acids is 4. The molecule has 53 heteroatoms. The molecule has 7 heterocycles. The number of aromatic amines is 4. The average Bonchev–Trinajstić information content (AvgIpc) is 1.69. The number of hydrogen-bond acceptors (Lipinski definition) is 28. The topological polar surface area (TPSA) is 757 Å². The van der Waals surface area contributed by atoms with Crippen molar-refractivity contribution in [2.75, 3.05) is 103 Å². The summed E-state index contributed by atoms with van der Waals surface area (Å²) in [6, 6.07) is -4.65. The molecule has 796 valence electrons. The number of para-hydroxylation sites is 2. The van der Waals surface area contributed by atoms with E-state index in [0.717, 1.165) is 19.1 Å². The van der Waals surface area contributed by atoms with E-state index in [4.69, 9.17) is 17.2 Å². The van der Waals surface area contributed by atoms with Crippen LogP contribution in [0.4, 0.5) is 4.39 Å². The predicted octanol–water partition coefficient (Wildman–Crippen LogP) is -4.73. The van der Waals surface area contributed by atoms with Gasteiger partial charge in [0.15, 0.2) is 0 Å². The van der Waals surface area contributed by atoms with Gasteiger partial charge in [-0.25, -0.2) is 9.37 Å². The first kappa shape index (κ1) is 114. The summed E-state index contributed by atoms with van der Waals surface area (Å²) in [5, 5.41) is 82.7. The molecule has 0 saturated carbocycles. The maximum Gasteiger partial charge on any atom is 0.317 e. The summed E-state index contributed by atoms with van der Waals surface area (Å²) in [7, 11) is 1.34. The molecule has 0 unspecified atom stereocenters. The lowest BCUT2D eigenvalue weighted by molar-refractivity contribution is -0.142. The molecule has 4 aromatic heterocycles. The fraction of sp³-hybridized carbons (Fsp3) is 0.500. The largest absolute Gasteiger partial charge is 0.481 e. The van der Waals surface area contributed by atoms with Gasteiger partial charge < -0.3 is 131 Å². The van der Waals surface area contributed by atoms with E-state index in [1.54, 1.807) is 87.4 Å². The lowest BCUT2D eigenvalue weighted by Crippen LogP contribution is -2.63. The van der Waals surface area contributed by atoms with E-state index in [1.807, 2.05) is 0 Å². The number of rotatable bonds is 42. The minimum absolute atomic E-state index is 0.00728. The standard InChI is InChI=1S/C94H126FN25O25S2/c1-4-50(2)81(114-93(144)82(51(3)121)115-89(140)63(31-52-39-101-60-15-9-7-13-57(52)60)105-75(124)18-6-5-11-21-100-76(125)43-116-23-25-117(44-78(128)129)27-29-119(46-80(132)133)30-28-118(26-24-116)45-79(130)131)92(143)113-71-48-147-146-47-70(91(142)111-69(94(145)120-22-12-17-72(120)83(98)134)33-53-40-102-61-16-10-8-14-58(53)61)112-88(139)68(38-77(126)127)110-85(136)65(35-56-42-99-49-104-56)107-84(135)64(32-54-41-103-62-20-19-55(95)34-59(54)62)106-86(137)66(36-73(96)122)108-87(138)67(37-74(97)123)109-90(71)141/h7-10,13-16,19-20,34,39-42,49-51,63-72,81-82,101-103,121H,4-6,11-12,17-18,21-33,35-38,43-48H2,1-3H3,(H2,96,122)(H2,97,123)(H2,98,134)(H,99,104)(H,100,125)(H,105,124)(H,106,137)(H,107,135)(H,108,138)(H,109,141)(H,110,136)(H,111,142)(H,112,139)(H,113,143)(H,114,144)(H,115,140)(H,126,127)(H,128,129)(H,130,131)(H,132,133)/t50-,51+,63-,64-,65-,66-,67-,68-,69-,70-,71-,72-,81-,82-/m0/s1. The second kappa shape index (κ2) is 55.6. The van der Waals surface area contributed by atoms with Crippen molar-refractivity contribution in [1.29, 1.82) is 0 Å². The molecule has 7 aromatic rings. The van der Waals surface area contributed by atoms with Crippen LogP contribution in [0.1, 0.15) is 107 Å². The van der Waals surface area contributed by atoms with Crippen LogP contribution in [0.5, 0.6) is 0 Å². The molecular weight excluding hydrogens is 1960 g/mol. The lowest BCUT2D eigenvalue weighted by atomic mass is 9.97. The van der Waals surface area contributed by atoms with Crippen LogP contribution in [0.15, 0.2) is 97.8 Å². The van der Waals surface area contributed by atoms with Crippen molar-refractivity contribution >= 4 is 173 Å². The van der Waals surface area contributed by atoms with Gasteiger partial charge >= 0.3 is 23.9 Å². The van der Waals surface area contributed by atoms with Crippen LogP contribution < -0.4 is 81.0 Å². The number of nitrogens with two attached hydrogens (primary N) is 3. The van der Waals surface area contributed by atoms with Crippen LogP contribution in [-0.2, 0) is 122 Å². The van der Waals surface area contributed by atoms with Gasteiger partial charge in [0, 0.05) is 172 Å². The van der Waals surface area contributed by atoms with Crippen molar-refractivity contribution in [2.24, 2.45) is 23.1 Å². The molecule has 3 aliphatic heterocycles. The number of carbonyl (C=O) groups is 20. The molecule has 16 amide bonds. The minimum atomic E-state index is -2.18. The number of hydrogen-bond donors (Lipinski definition) is 24. The summed E-state index contributed by atoms with van der Waals surface area (Å²) in [5.74, 6) is -26.0. The van der Waals surface area contributed by atoms with Gasteiger partial charge in [-0.3, -0.25) is 115 Å². The van der Waals surface area contributed by atoms with Crippen LogP contribution in [0.3, 0.4) is 0 Å². The van der Waals surface area contributed by atoms with Crippen LogP contribution in [0.2, 0.25) is 0 Å². The quantitative estimate of drug-likeness (QED) is 0.0126. The first-order valence-electron chi connectivity index (χ1n) is 47.9. The number of primary amides is 3. The van der Waals surface area contributed by atoms with Gasteiger partial charge in [0.1, 0.15) is 78.3 Å². The summed E-state index contributed by atoms with van der Waals surface area (Å²) >= 11 is 0. The number of aliphatic hydroxyl groups excluding tert-OH is 1. The number of imidazole rings is 1. The summed E-state index contributed by atoms with van der Waals surface area (Å²) in [6.45, 7) is 4.59. The number of halogens is 1. The van der Waals surface area contributed by atoms with Crippen LogP contribution in [0.25, 0.3) is 32.7 Å². The molecule has 3 aromatic carbocycles. The molecule has 3 aliphatic rings. The number of unbranched alkanes of at least 4 members (excludes halogenated alkanes) is 2. The smallest absolute Gasteiger partial charge is 0.317 e. The van der Waals surface area contributed by atoms with Gasteiger partial charge in [0.2, 0.25) is 94.5 Å². The number of H-pyrrole nitrogens is 4. The number of aliphatic hydroxyl groups is 1. The highest BCUT2D eigenvalue weighted by molar-refractivity contribution is 8.76. The van der Waals surface area contributed by atoms with Gasteiger partial charge in [0.05, 0.1) is 57.9 Å². The van der Waals surface area contributed by atoms with Gasteiger partial charge in [0.25, 0.3) is 0 Å². The Morgan fingerprint density at radius 2 is 0.986 bits per heavy atom. The van der Waals surface area contributed by atoms with Gasteiger partial charge in [-0.2, -0.15) is 0 Å². The molecule has 27 N–H and O–H groups in total. The normalized spacial score (nSPS) is 20.8. The van der Waals surface area contributed by atoms with E-state index in [-0.39, 0.29) is 147 Å². The fourth-order valence-electron chi connectivity index (χ4n) is 17.3. The van der Waals surface area contributed by atoms with Crippen LogP contribution >= 0.6 is 21.6 Å². The number of carboxylic acid groups (broad SMARTS) is 4. The minimum Gasteiger partial charge on any atom is -0.481 e. The third kappa shape index (κ3) is 35.0. The number of nitrogens with zero attached hydrogens (tertiary/aromatic N) is 6. The Kier molecular flexibility index (Phi) is 43.2. The fourth-order valence-corrected chi connectivity index (χ4v) is 19.6. The summed E-state index contributed by atoms with van der Waals surface area (Å²) in [5.41, 5.74) is 20.1. The molecule has 10 rings (SSSR count). The first-order chi connectivity index (χ1) is 70.1. The summed E-state index contributed by atoms with van der Waals surface area (Å²) < 4.78 is 15.1. The van der Waals surface area contributed by atoms with E-state index < -0.39 is 252 Å². The first-order valence-corrected chi connectivity index (χ1v) is 50.3. The number of carbonyl (C=O) groups excluding carboxylic acids is 16. The third-order valence-electron chi connectivity index (χ3n) is 25.3. The molecule has 0 bridgehead atoms. The zero-order chi connectivity index (χ0) is 107. The zero-order valence-electron chi connectivity index (χ0n) is 81.0. The number of nitrogens with one attached hydrogen (secondary N) is 16. The Morgan fingerprint density at radius 3 is 1.51 bits per heavy atom. The Hall–Kier alpha value is -14.7. The van der Waals surface area contributed by atoms with Crippen molar-refractivity contribution < 1.29 is 126 Å². The summed E-state index contributed by atoms with van der Waals surface area (Å²) in [6.07, 6.45) is 1.43. The lowest BCUT2D eigenvalue weighted by Gasteiger charge is -2.32. The highest BCUT2D eigenvalue weighted by Gasteiger charge is 2.43. The van der Waals surface area contributed by atoms with E-state index in [1.165, 1.54) is 36.6 Å². The molecule has 147 heavy (non-hydrogen) atoms. The predicted molar refractivity (Wildman–Crippen MR) is 529 cm³/mol. The van der Waals surface area contributed by atoms with Crippen molar-refractivity contribution in [3.63, 3.8) is 0 Å². The summed E-state index contributed by atoms with van der Waals surface area (Å²) in [4.78, 5) is 305. The highest BCUT2D eigenvalue weighted by Crippen LogP contribution is 2.29. The number of amides is 16. The van der Waals surface area contributed by atoms with Crippen molar-refractivity contribution in [3.05, 3.63) is 126 Å². The number of likely N-dealkylation sites (tertiary alicyclic amines) is 1. The second-order valence-corrected chi connectivity index (χ2v) is 38.9. The molecule has 0 spiro atoms. The molecular formula is C94H126FN25O25S2. The van der Waals surface area contributed by atoms with Crippen molar-refractivity contribution in [3.8, 4) is 0 Å². The molecule has 0 radical (unpaired) electrons. The highest BCUT2D eigenvalue weighted by atomic mass is 33.1. The van der Waals surface area contributed by atoms with Gasteiger partial charge in [-0.05, 0) is 85.5 Å². The number of benzene rings is 3. The Balaban J connectivity index is 0.919. The van der Waals surface area contributed by atoms with Gasteiger partial charge in [-0.15, -0.1) is 0 Å². The molecule has 0 aliphatic carbocycles. The molecule has 14 atom stereocenters. The third-order valence-corrected chi connectivity index (χ3v) is 27.7. The van der Waals surface area contributed by atoms with E-state index in [9.17, 15) is 83.1 Å². The van der Waals surface area contributed by atoms with E-state index in [0.29, 0.717) is 79.3 Å². The van der Waals surface area contributed by atoms with Crippen molar-refractivity contribution in [1.82, 2.24) is 113 Å². The monoisotopic (exact) mass is 2090 g/mol. The SMILES string of the molecule is CC[C@H](C)[C@H](NC(=O)[C@@H](NC(=O)[C@H](Cc1c[nH]c2ccccc12)NC(=O)CCCCCNC(=O)CN1CCN(CC(=O)O)CCN(CC(=O)O)CCN(CC(=O)O)CC1)[C@@H](C)O)C(=O)N[C@H]1CSSC[C@@H](C(=O)N[C@@H](Cc2c[nH]c3ccccc23)C(=O)N2CCC[C@H]2C(N)=O)NC(=O)[C@H](CC(=O)O)NC(=O)[C@H](Cc2cnc[nH]2)NC(=O)[C@H](Cc2c[nH]c3ccc(F)cc23)NC(=O)[C@H](CC(N)=O)NC(=O)[C@H](CC(N)=O)NC1=O. The van der Waals surface area contributed by atoms with Crippen molar-refractivity contribution in [2.45, 2.75) is 189 Å². The Morgan fingerprint density at radius 1 is 0.497 bits per heavy atom. The van der Waals surface area contributed by atoms with Crippen LogP contribution in [-0.4, -0.2) is 375 Å².